The third-order valence-electron chi connectivity index (χ3n) is 4.93. The van der Waals surface area contributed by atoms with Crippen molar-refractivity contribution in [3.8, 4) is 0 Å². The molecule has 0 radical (unpaired) electrons. The van der Waals surface area contributed by atoms with Gasteiger partial charge in [-0.25, -0.2) is 0 Å². The highest BCUT2D eigenvalue weighted by molar-refractivity contribution is 5.99. The van der Waals surface area contributed by atoms with Crippen molar-refractivity contribution in [1.82, 2.24) is 9.88 Å². The number of likely N-dealkylation sites (tertiary alicyclic amines) is 1. The van der Waals surface area contributed by atoms with Gasteiger partial charge in [0.05, 0.1) is 17.4 Å². The number of pyridine rings is 1. The number of hydrogen-bond acceptors (Lipinski definition) is 3. The molecule has 4 nitrogen and oxygen atoms in total. The lowest BCUT2D eigenvalue weighted by molar-refractivity contribution is 0.0558. The lowest BCUT2D eigenvalue weighted by Crippen LogP contribution is -2.43. The topological polar surface area (TPSA) is 45.2 Å². The van der Waals surface area contributed by atoms with Crippen LogP contribution in [-0.4, -0.2) is 35.9 Å². The molecule has 0 aromatic carbocycles. The van der Waals surface area contributed by atoms with Gasteiger partial charge in [-0.1, -0.05) is 26.7 Å². The monoisotopic (exact) mass is 275 g/mol. The Morgan fingerprint density at radius 3 is 2.55 bits per heavy atom. The molecule has 0 atom stereocenters. The smallest absolute Gasteiger partial charge is 0.256 e. The van der Waals surface area contributed by atoms with Crippen LogP contribution in [0.25, 0.3) is 0 Å². The average molecular weight is 275 g/mol. The van der Waals surface area contributed by atoms with E-state index in [1.54, 1.807) is 18.5 Å². The number of carbonyl (C=O) groups is 1. The Morgan fingerprint density at radius 2 is 2.00 bits per heavy atom. The van der Waals surface area contributed by atoms with E-state index in [-0.39, 0.29) is 5.91 Å². The Bertz CT molecular complexity index is 459. The molecule has 1 fully saturated rings. The molecule has 20 heavy (non-hydrogen) atoms. The van der Waals surface area contributed by atoms with Crippen LogP contribution in [0.2, 0.25) is 0 Å². The van der Waals surface area contributed by atoms with Gasteiger partial charge in [-0.15, -0.1) is 0 Å². The first-order chi connectivity index (χ1) is 9.65. The summed E-state index contributed by atoms with van der Waals surface area (Å²) in [5.41, 5.74) is 1.98. The molecule has 1 aliphatic heterocycles. The first kappa shape index (κ1) is 14.8. The van der Waals surface area contributed by atoms with Gasteiger partial charge in [0.15, 0.2) is 0 Å². The number of anilines is 1. The Kier molecular flexibility index (Phi) is 4.63. The number of piperidine rings is 1. The van der Waals surface area contributed by atoms with Gasteiger partial charge < -0.3 is 10.2 Å². The minimum atomic E-state index is 0.123. The summed E-state index contributed by atoms with van der Waals surface area (Å²) < 4.78 is 0. The molecular formula is C16H25N3O. The molecule has 2 rings (SSSR count). The summed E-state index contributed by atoms with van der Waals surface area (Å²) in [5, 5.41) is 3.04. The van der Waals surface area contributed by atoms with Crippen LogP contribution in [0.15, 0.2) is 18.5 Å². The van der Waals surface area contributed by atoms with Gasteiger partial charge in [-0.3, -0.25) is 9.78 Å². The first-order valence-electron chi connectivity index (χ1n) is 7.57. The molecule has 110 valence electrons. The number of amides is 1. The predicted molar refractivity (Wildman–Crippen MR) is 81.9 cm³/mol. The molecule has 2 heterocycles. The summed E-state index contributed by atoms with van der Waals surface area (Å²) in [7, 11) is 1.82. The fourth-order valence-electron chi connectivity index (χ4n) is 3.09. The highest BCUT2D eigenvalue weighted by atomic mass is 16.2. The third-order valence-corrected chi connectivity index (χ3v) is 4.93. The molecule has 1 aromatic heterocycles. The lowest BCUT2D eigenvalue weighted by atomic mass is 9.74. The summed E-state index contributed by atoms with van der Waals surface area (Å²) in [6.07, 6.45) is 8.04. The number of nitrogens with one attached hydrogen (secondary N) is 1. The van der Waals surface area contributed by atoms with E-state index in [2.05, 4.69) is 24.1 Å². The molecule has 0 unspecified atom stereocenters. The van der Waals surface area contributed by atoms with Crippen molar-refractivity contribution in [2.24, 2.45) is 5.41 Å². The van der Waals surface area contributed by atoms with Gasteiger partial charge in [0, 0.05) is 26.3 Å². The number of nitrogens with zero attached hydrogens (tertiary/aromatic N) is 2. The van der Waals surface area contributed by atoms with Gasteiger partial charge in [0.25, 0.3) is 5.91 Å². The molecule has 1 aromatic rings. The molecule has 1 amide bonds. The molecule has 1 saturated heterocycles. The van der Waals surface area contributed by atoms with Gasteiger partial charge in [0.1, 0.15) is 0 Å². The Hall–Kier alpha value is -1.58. The summed E-state index contributed by atoms with van der Waals surface area (Å²) in [5.74, 6) is 0.123. The van der Waals surface area contributed by atoms with Crippen LogP contribution in [0.5, 0.6) is 0 Å². The van der Waals surface area contributed by atoms with Crippen LogP contribution in [0, 0.1) is 5.41 Å². The number of aromatic nitrogens is 1. The van der Waals surface area contributed by atoms with Crippen molar-refractivity contribution in [1.29, 1.82) is 0 Å². The number of carbonyl (C=O) groups excluding carboxylic acids is 1. The fraction of sp³-hybridized carbons (Fsp3) is 0.625. The van der Waals surface area contributed by atoms with Crippen molar-refractivity contribution in [2.45, 2.75) is 39.5 Å². The highest BCUT2D eigenvalue weighted by Crippen LogP contribution is 2.38. The van der Waals surface area contributed by atoms with E-state index >= 15 is 0 Å². The number of rotatable bonds is 4. The van der Waals surface area contributed by atoms with E-state index in [0.29, 0.717) is 5.41 Å². The van der Waals surface area contributed by atoms with Gasteiger partial charge in [-0.2, -0.15) is 0 Å². The zero-order valence-electron chi connectivity index (χ0n) is 12.8. The fourth-order valence-corrected chi connectivity index (χ4v) is 3.09. The zero-order valence-corrected chi connectivity index (χ0v) is 12.8. The number of hydrogen-bond donors (Lipinski definition) is 1. The van der Waals surface area contributed by atoms with Crippen LogP contribution in [0.1, 0.15) is 49.9 Å². The Labute approximate surface area is 121 Å². The first-order valence-corrected chi connectivity index (χ1v) is 7.57. The molecule has 0 spiro atoms. The van der Waals surface area contributed by atoms with Crippen molar-refractivity contribution < 1.29 is 4.79 Å². The quantitative estimate of drug-likeness (QED) is 0.918. The maximum absolute atomic E-state index is 12.6. The summed E-state index contributed by atoms with van der Waals surface area (Å²) >= 11 is 0. The van der Waals surface area contributed by atoms with Gasteiger partial charge >= 0.3 is 0 Å². The standard InChI is InChI=1S/C16H25N3O/c1-4-16(5-2)7-10-19(11-8-16)15(20)13-6-9-18-12-14(13)17-3/h6,9,12,17H,4-5,7-8,10-11H2,1-3H3. The van der Waals surface area contributed by atoms with E-state index in [0.717, 1.165) is 37.2 Å². The van der Waals surface area contributed by atoms with Crippen LogP contribution in [0.4, 0.5) is 5.69 Å². The minimum absolute atomic E-state index is 0.123. The second-order valence-electron chi connectivity index (χ2n) is 5.67. The van der Waals surface area contributed by atoms with E-state index < -0.39 is 0 Å². The van der Waals surface area contributed by atoms with Crippen LogP contribution in [-0.2, 0) is 0 Å². The van der Waals surface area contributed by atoms with Crippen LogP contribution < -0.4 is 5.32 Å². The van der Waals surface area contributed by atoms with Gasteiger partial charge in [0.2, 0.25) is 0 Å². The van der Waals surface area contributed by atoms with E-state index in [9.17, 15) is 4.79 Å². The molecule has 1 aliphatic rings. The van der Waals surface area contributed by atoms with Crippen molar-refractivity contribution in [3.63, 3.8) is 0 Å². The summed E-state index contributed by atoms with van der Waals surface area (Å²) in [4.78, 5) is 18.7. The van der Waals surface area contributed by atoms with Crippen molar-refractivity contribution >= 4 is 11.6 Å². The SMILES string of the molecule is CCC1(CC)CCN(C(=O)c2ccncc2NC)CC1. The molecule has 0 bridgehead atoms. The average Bonchev–Trinajstić information content (AvgIpc) is 2.54. The van der Waals surface area contributed by atoms with Crippen molar-refractivity contribution in [3.05, 3.63) is 24.0 Å². The van der Waals surface area contributed by atoms with E-state index in [4.69, 9.17) is 0 Å². The molecule has 0 saturated carbocycles. The van der Waals surface area contributed by atoms with Crippen LogP contribution >= 0.6 is 0 Å². The second kappa shape index (κ2) is 6.25. The molecular weight excluding hydrogens is 250 g/mol. The van der Waals surface area contributed by atoms with E-state index in [1.165, 1.54) is 12.8 Å². The normalized spacial score (nSPS) is 17.9. The minimum Gasteiger partial charge on any atom is -0.386 e. The Balaban J connectivity index is 2.09. The van der Waals surface area contributed by atoms with Crippen LogP contribution in [0.3, 0.4) is 0 Å². The molecule has 1 N–H and O–H groups in total. The maximum atomic E-state index is 12.6. The van der Waals surface area contributed by atoms with Gasteiger partial charge in [-0.05, 0) is 24.3 Å². The lowest BCUT2D eigenvalue weighted by Gasteiger charge is -2.41. The summed E-state index contributed by atoms with van der Waals surface area (Å²) in [6.45, 7) is 6.27. The maximum Gasteiger partial charge on any atom is 0.256 e. The predicted octanol–water partition coefficient (Wildman–Crippen LogP) is 3.17. The van der Waals surface area contributed by atoms with E-state index in [1.807, 2.05) is 11.9 Å². The summed E-state index contributed by atoms with van der Waals surface area (Å²) in [6, 6.07) is 1.80. The zero-order chi connectivity index (χ0) is 14.6. The highest BCUT2D eigenvalue weighted by Gasteiger charge is 2.33. The molecule has 0 aliphatic carbocycles. The molecule has 4 heteroatoms. The Morgan fingerprint density at radius 1 is 1.35 bits per heavy atom. The van der Waals surface area contributed by atoms with Crippen molar-refractivity contribution in [2.75, 3.05) is 25.5 Å². The third kappa shape index (κ3) is 2.79. The largest absolute Gasteiger partial charge is 0.386 e. The second-order valence-corrected chi connectivity index (χ2v) is 5.67.